The quantitative estimate of drug-likeness (QED) is 0.424. The zero-order valence-electron chi connectivity index (χ0n) is 10.2. The zero-order valence-corrected chi connectivity index (χ0v) is 10.9. The van der Waals surface area contributed by atoms with E-state index in [1.807, 2.05) is 0 Å². The molecule has 0 spiro atoms. The van der Waals surface area contributed by atoms with E-state index in [1.165, 1.54) is 6.07 Å². The molecule has 1 aliphatic rings. The molecule has 9 heteroatoms. The van der Waals surface area contributed by atoms with E-state index in [1.54, 1.807) is 0 Å². The molecule has 4 N–H and O–H groups in total. The minimum atomic E-state index is -0.710. The number of nitro groups is 1. The van der Waals surface area contributed by atoms with Gasteiger partial charge in [-0.25, -0.2) is 0 Å². The lowest BCUT2D eigenvalue weighted by molar-refractivity contribution is -0.383. The third-order valence-electron chi connectivity index (χ3n) is 2.88. The molecular weight excluding hydrogens is 288 g/mol. The van der Waals surface area contributed by atoms with Crippen LogP contribution in [0, 0.1) is 10.1 Å². The van der Waals surface area contributed by atoms with Crippen molar-refractivity contribution in [1.82, 2.24) is 10.6 Å². The third kappa shape index (κ3) is 2.80. The number of hydrogen-bond acceptors (Lipinski definition) is 5. The van der Waals surface area contributed by atoms with Gasteiger partial charge in [0.05, 0.1) is 16.0 Å². The molecular formula is C11H11ClN4O4. The first kappa shape index (κ1) is 14.1. The van der Waals surface area contributed by atoms with Gasteiger partial charge in [0.1, 0.15) is 5.69 Å². The van der Waals surface area contributed by atoms with Crippen molar-refractivity contribution in [2.75, 3.05) is 12.3 Å². The summed E-state index contributed by atoms with van der Waals surface area (Å²) >= 11 is 5.77. The van der Waals surface area contributed by atoms with Gasteiger partial charge < -0.3 is 16.4 Å². The van der Waals surface area contributed by atoms with Crippen LogP contribution in [0.1, 0.15) is 16.8 Å². The highest BCUT2D eigenvalue weighted by molar-refractivity contribution is 6.34. The van der Waals surface area contributed by atoms with Crippen molar-refractivity contribution in [1.29, 1.82) is 0 Å². The summed E-state index contributed by atoms with van der Waals surface area (Å²) in [4.78, 5) is 33.1. The Balaban J connectivity index is 2.22. The maximum absolute atomic E-state index is 12.0. The van der Waals surface area contributed by atoms with Gasteiger partial charge in [0, 0.05) is 24.6 Å². The summed E-state index contributed by atoms with van der Waals surface area (Å²) in [6.07, 6.45) is 0.177. The molecule has 1 atom stereocenters. The topological polar surface area (TPSA) is 127 Å². The van der Waals surface area contributed by atoms with E-state index in [0.717, 1.165) is 6.07 Å². The number of hydrogen-bond donors (Lipinski definition) is 3. The first-order valence-electron chi connectivity index (χ1n) is 5.69. The van der Waals surface area contributed by atoms with Crippen LogP contribution in [-0.2, 0) is 4.79 Å². The number of benzene rings is 1. The predicted molar refractivity (Wildman–Crippen MR) is 71.4 cm³/mol. The summed E-state index contributed by atoms with van der Waals surface area (Å²) in [5.74, 6) is -0.701. The van der Waals surface area contributed by atoms with E-state index in [-0.39, 0.29) is 34.6 Å². The second kappa shape index (κ2) is 5.33. The third-order valence-corrected chi connectivity index (χ3v) is 3.19. The lowest BCUT2D eigenvalue weighted by Gasteiger charge is -2.11. The molecule has 20 heavy (non-hydrogen) atoms. The van der Waals surface area contributed by atoms with Gasteiger partial charge >= 0.3 is 0 Å². The molecule has 0 bridgehead atoms. The zero-order chi connectivity index (χ0) is 14.9. The lowest BCUT2D eigenvalue weighted by atomic mass is 10.1. The number of nitrogen functional groups attached to an aromatic ring is 1. The second-order valence-electron chi connectivity index (χ2n) is 4.33. The number of nitrogens with two attached hydrogens (primary N) is 1. The second-order valence-corrected chi connectivity index (χ2v) is 4.73. The standard InChI is InChI=1S/C11H11ClN4O4/c12-7-1-5(2-8(10(7)13)16(19)20)11(18)15-6-3-9(17)14-4-6/h1-2,6H,3-4,13H2,(H,14,17)(H,15,18). The minimum absolute atomic E-state index is 0.0234. The number of nitro benzene ring substituents is 1. The van der Waals surface area contributed by atoms with E-state index in [4.69, 9.17) is 17.3 Å². The Kier molecular flexibility index (Phi) is 3.75. The molecule has 1 saturated heterocycles. The Hall–Kier alpha value is -2.35. The maximum atomic E-state index is 12.0. The summed E-state index contributed by atoms with van der Waals surface area (Å²) in [6.45, 7) is 0.329. The Morgan fingerprint density at radius 2 is 2.25 bits per heavy atom. The van der Waals surface area contributed by atoms with Crippen LogP contribution in [0.25, 0.3) is 0 Å². The van der Waals surface area contributed by atoms with Crippen LogP contribution >= 0.6 is 11.6 Å². The van der Waals surface area contributed by atoms with Gasteiger partial charge in [-0.3, -0.25) is 19.7 Å². The molecule has 0 radical (unpaired) electrons. The SMILES string of the molecule is Nc1c(Cl)cc(C(=O)NC2CNC(=O)C2)cc1[N+](=O)[O-]. The molecule has 106 valence electrons. The number of halogens is 1. The summed E-state index contributed by atoms with van der Waals surface area (Å²) < 4.78 is 0. The number of nitrogens with zero attached hydrogens (tertiary/aromatic N) is 1. The average molecular weight is 299 g/mol. The highest BCUT2D eigenvalue weighted by atomic mass is 35.5. The molecule has 1 aliphatic heterocycles. The summed E-state index contributed by atoms with van der Waals surface area (Å²) in [6, 6.07) is 1.97. The van der Waals surface area contributed by atoms with Gasteiger partial charge in [0.15, 0.2) is 0 Å². The van der Waals surface area contributed by atoms with Gasteiger partial charge in [-0.05, 0) is 6.07 Å². The van der Waals surface area contributed by atoms with Crippen molar-refractivity contribution in [3.63, 3.8) is 0 Å². The van der Waals surface area contributed by atoms with Crippen LogP contribution in [0.4, 0.5) is 11.4 Å². The molecule has 1 heterocycles. The largest absolute Gasteiger partial charge is 0.392 e. The van der Waals surface area contributed by atoms with Crippen molar-refractivity contribution in [3.05, 3.63) is 32.8 Å². The Bertz CT molecular complexity index is 604. The van der Waals surface area contributed by atoms with Crippen LogP contribution in [0.5, 0.6) is 0 Å². The molecule has 1 aromatic carbocycles. The lowest BCUT2D eigenvalue weighted by Crippen LogP contribution is -2.36. The Labute approximate surface area is 118 Å². The van der Waals surface area contributed by atoms with Crippen molar-refractivity contribution in [2.45, 2.75) is 12.5 Å². The Morgan fingerprint density at radius 1 is 1.55 bits per heavy atom. The fourth-order valence-electron chi connectivity index (χ4n) is 1.86. The van der Waals surface area contributed by atoms with Crippen LogP contribution in [0.3, 0.4) is 0 Å². The van der Waals surface area contributed by atoms with E-state index < -0.39 is 16.5 Å². The van der Waals surface area contributed by atoms with Gasteiger partial charge in [-0.2, -0.15) is 0 Å². The molecule has 1 unspecified atom stereocenters. The number of carbonyl (C=O) groups excluding carboxylic acids is 2. The fraction of sp³-hybridized carbons (Fsp3) is 0.273. The first-order chi connectivity index (χ1) is 9.38. The molecule has 0 saturated carbocycles. The summed E-state index contributed by atoms with van der Waals surface area (Å²) in [5.41, 5.74) is 4.88. The van der Waals surface area contributed by atoms with E-state index in [2.05, 4.69) is 10.6 Å². The van der Waals surface area contributed by atoms with Crippen molar-refractivity contribution in [3.8, 4) is 0 Å². The van der Waals surface area contributed by atoms with Crippen molar-refractivity contribution >= 4 is 34.8 Å². The Morgan fingerprint density at radius 3 is 2.80 bits per heavy atom. The van der Waals surface area contributed by atoms with Gasteiger partial charge in [0.2, 0.25) is 5.91 Å². The molecule has 1 fully saturated rings. The monoisotopic (exact) mass is 298 g/mol. The smallest absolute Gasteiger partial charge is 0.294 e. The normalized spacial score (nSPS) is 17.6. The fourth-order valence-corrected chi connectivity index (χ4v) is 2.08. The summed E-state index contributed by atoms with van der Waals surface area (Å²) in [5, 5.41) is 15.9. The van der Waals surface area contributed by atoms with E-state index >= 15 is 0 Å². The van der Waals surface area contributed by atoms with E-state index in [9.17, 15) is 19.7 Å². The van der Waals surface area contributed by atoms with Crippen molar-refractivity contribution in [2.24, 2.45) is 0 Å². The van der Waals surface area contributed by atoms with E-state index in [0.29, 0.717) is 6.54 Å². The van der Waals surface area contributed by atoms with Crippen molar-refractivity contribution < 1.29 is 14.5 Å². The number of nitrogens with one attached hydrogen (secondary N) is 2. The van der Waals surface area contributed by atoms with Gasteiger partial charge in [-0.1, -0.05) is 11.6 Å². The predicted octanol–water partition coefficient (Wildman–Crippen LogP) is 0.449. The van der Waals surface area contributed by atoms with Gasteiger partial charge in [-0.15, -0.1) is 0 Å². The summed E-state index contributed by atoms with van der Waals surface area (Å²) in [7, 11) is 0. The van der Waals surface area contributed by atoms with Crippen LogP contribution in [0.2, 0.25) is 5.02 Å². The highest BCUT2D eigenvalue weighted by Crippen LogP contribution is 2.30. The first-order valence-corrected chi connectivity index (χ1v) is 6.07. The number of carbonyl (C=O) groups is 2. The molecule has 2 rings (SSSR count). The minimum Gasteiger partial charge on any atom is -0.392 e. The van der Waals surface area contributed by atoms with Crippen LogP contribution in [-0.4, -0.2) is 29.3 Å². The number of anilines is 1. The molecule has 0 aliphatic carbocycles. The van der Waals surface area contributed by atoms with Crippen LogP contribution in [0.15, 0.2) is 12.1 Å². The molecule has 8 nitrogen and oxygen atoms in total. The van der Waals surface area contributed by atoms with Crippen LogP contribution < -0.4 is 16.4 Å². The molecule has 1 aromatic rings. The molecule has 2 amide bonds. The average Bonchev–Trinajstić information content (AvgIpc) is 2.77. The maximum Gasteiger partial charge on any atom is 0.294 e. The van der Waals surface area contributed by atoms with Gasteiger partial charge in [0.25, 0.3) is 11.6 Å². The molecule has 0 aromatic heterocycles. The number of rotatable bonds is 3. The number of amides is 2. The highest BCUT2D eigenvalue weighted by Gasteiger charge is 2.25.